The first-order valence-electron chi connectivity index (χ1n) is 6.64. The van der Waals surface area contributed by atoms with E-state index in [9.17, 15) is 4.79 Å². The van der Waals surface area contributed by atoms with Crippen LogP contribution in [-0.2, 0) is 11.3 Å². The minimum Gasteiger partial charge on any atom is -0.478 e. The van der Waals surface area contributed by atoms with E-state index in [-0.39, 0.29) is 0 Å². The second-order valence-electron chi connectivity index (χ2n) is 4.43. The van der Waals surface area contributed by atoms with Crippen molar-refractivity contribution < 1.29 is 14.6 Å². The van der Waals surface area contributed by atoms with E-state index < -0.39 is 5.97 Å². The van der Waals surface area contributed by atoms with Gasteiger partial charge in [0.1, 0.15) is 0 Å². The van der Waals surface area contributed by atoms with Gasteiger partial charge in [0.25, 0.3) is 0 Å². The Morgan fingerprint density at radius 2 is 1.89 bits per heavy atom. The second-order valence-corrected chi connectivity index (χ2v) is 4.43. The Balaban J connectivity index is 2.25. The number of carboxylic acids is 1. The summed E-state index contributed by atoms with van der Waals surface area (Å²) in [5, 5.41) is 9.01. The van der Waals surface area contributed by atoms with Crippen molar-refractivity contribution in [2.75, 3.05) is 6.61 Å². The fraction of sp³-hybridized carbons (Fsp3) is 0.533. The van der Waals surface area contributed by atoms with Crippen LogP contribution in [-0.4, -0.2) is 17.7 Å². The van der Waals surface area contributed by atoms with Gasteiger partial charge in [-0.05, 0) is 18.1 Å². The highest BCUT2D eigenvalue weighted by Gasteiger charge is 2.08. The summed E-state index contributed by atoms with van der Waals surface area (Å²) < 4.78 is 5.53. The number of carboxylic acid groups (broad SMARTS) is 1. The molecule has 1 aromatic rings. The van der Waals surface area contributed by atoms with Crippen LogP contribution in [0, 0.1) is 0 Å². The zero-order valence-corrected chi connectivity index (χ0v) is 11.0. The lowest BCUT2D eigenvalue weighted by atomic mass is 10.1. The Bertz CT molecular complexity index is 361. The average Bonchev–Trinajstić information content (AvgIpc) is 2.38. The van der Waals surface area contributed by atoms with Gasteiger partial charge in [-0.25, -0.2) is 4.79 Å². The predicted molar refractivity (Wildman–Crippen MR) is 71.8 cm³/mol. The Morgan fingerprint density at radius 1 is 1.17 bits per heavy atom. The molecule has 18 heavy (non-hydrogen) atoms. The van der Waals surface area contributed by atoms with Crippen molar-refractivity contribution in [3.8, 4) is 0 Å². The standard InChI is InChI=1S/C15H22O3/c1-2-3-4-5-8-11-18-12-13-9-6-7-10-14(13)15(16)17/h6-7,9-10H,2-5,8,11-12H2,1H3,(H,16,17). The smallest absolute Gasteiger partial charge is 0.336 e. The number of benzene rings is 1. The highest BCUT2D eigenvalue weighted by Crippen LogP contribution is 2.10. The van der Waals surface area contributed by atoms with Crippen LogP contribution in [0.4, 0.5) is 0 Å². The van der Waals surface area contributed by atoms with Crippen molar-refractivity contribution in [1.82, 2.24) is 0 Å². The van der Waals surface area contributed by atoms with Gasteiger partial charge in [0.15, 0.2) is 0 Å². The molecule has 1 N–H and O–H groups in total. The number of hydrogen-bond donors (Lipinski definition) is 1. The van der Waals surface area contributed by atoms with E-state index in [2.05, 4.69) is 6.92 Å². The van der Waals surface area contributed by atoms with Gasteiger partial charge in [0.2, 0.25) is 0 Å². The van der Waals surface area contributed by atoms with Crippen LogP contribution in [0.5, 0.6) is 0 Å². The lowest BCUT2D eigenvalue weighted by Gasteiger charge is -2.07. The van der Waals surface area contributed by atoms with Crippen molar-refractivity contribution in [3.05, 3.63) is 35.4 Å². The van der Waals surface area contributed by atoms with Gasteiger partial charge in [-0.15, -0.1) is 0 Å². The first-order valence-corrected chi connectivity index (χ1v) is 6.64. The molecule has 0 aliphatic rings. The first kappa shape index (κ1) is 14.7. The van der Waals surface area contributed by atoms with Gasteiger partial charge in [-0.3, -0.25) is 0 Å². The molecule has 3 nitrogen and oxygen atoms in total. The zero-order chi connectivity index (χ0) is 13.2. The van der Waals surface area contributed by atoms with Crippen molar-refractivity contribution in [2.24, 2.45) is 0 Å². The molecule has 0 saturated carbocycles. The minimum atomic E-state index is -0.892. The summed E-state index contributed by atoms with van der Waals surface area (Å²) in [6.07, 6.45) is 6.02. The number of rotatable bonds is 9. The molecule has 0 atom stereocenters. The molecule has 100 valence electrons. The summed E-state index contributed by atoms with van der Waals surface area (Å²) in [6, 6.07) is 6.99. The molecule has 1 rings (SSSR count). The Hall–Kier alpha value is -1.35. The van der Waals surface area contributed by atoms with E-state index in [1.54, 1.807) is 18.2 Å². The van der Waals surface area contributed by atoms with E-state index in [1.807, 2.05) is 6.07 Å². The molecule has 0 bridgehead atoms. The topological polar surface area (TPSA) is 46.5 Å². The molecular weight excluding hydrogens is 228 g/mol. The summed E-state index contributed by atoms with van der Waals surface area (Å²) in [5.41, 5.74) is 1.09. The molecule has 0 unspecified atom stereocenters. The number of carbonyl (C=O) groups is 1. The lowest BCUT2D eigenvalue weighted by molar-refractivity contribution is 0.0686. The molecule has 0 radical (unpaired) electrons. The average molecular weight is 250 g/mol. The summed E-state index contributed by atoms with van der Waals surface area (Å²) in [6.45, 7) is 3.28. The number of aromatic carboxylic acids is 1. The van der Waals surface area contributed by atoms with Crippen LogP contribution < -0.4 is 0 Å². The van der Waals surface area contributed by atoms with Crippen LogP contribution in [0.2, 0.25) is 0 Å². The van der Waals surface area contributed by atoms with Crippen LogP contribution in [0.25, 0.3) is 0 Å². The molecule has 0 aromatic heterocycles. The fourth-order valence-corrected chi connectivity index (χ4v) is 1.84. The monoisotopic (exact) mass is 250 g/mol. The number of ether oxygens (including phenoxy) is 1. The maximum absolute atomic E-state index is 11.0. The van der Waals surface area contributed by atoms with E-state index in [0.29, 0.717) is 18.8 Å². The molecule has 0 amide bonds. The summed E-state index contributed by atoms with van der Waals surface area (Å²) >= 11 is 0. The maximum Gasteiger partial charge on any atom is 0.336 e. The molecule has 0 saturated heterocycles. The molecule has 0 aliphatic carbocycles. The second kappa shape index (κ2) is 8.70. The zero-order valence-electron chi connectivity index (χ0n) is 11.0. The van der Waals surface area contributed by atoms with Crippen LogP contribution in [0.1, 0.15) is 54.9 Å². The van der Waals surface area contributed by atoms with Gasteiger partial charge >= 0.3 is 5.97 Å². The Morgan fingerprint density at radius 3 is 2.61 bits per heavy atom. The normalized spacial score (nSPS) is 10.5. The van der Waals surface area contributed by atoms with Gasteiger partial charge in [-0.2, -0.15) is 0 Å². The van der Waals surface area contributed by atoms with Crippen molar-refractivity contribution in [2.45, 2.75) is 45.6 Å². The quantitative estimate of drug-likeness (QED) is 0.677. The van der Waals surface area contributed by atoms with Gasteiger partial charge in [0, 0.05) is 6.61 Å². The third-order valence-electron chi connectivity index (χ3n) is 2.90. The molecule has 0 heterocycles. The van der Waals surface area contributed by atoms with Crippen LogP contribution >= 0.6 is 0 Å². The highest BCUT2D eigenvalue weighted by atomic mass is 16.5. The molecule has 3 heteroatoms. The molecule has 0 aliphatic heterocycles. The fourth-order valence-electron chi connectivity index (χ4n) is 1.84. The minimum absolute atomic E-state index is 0.337. The highest BCUT2D eigenvalue weighted by molar-refractivity contribution is 5.89. The maximum atomic E-state index is 11.0. The molecule has 0 spiro atoms. The van der Waals surface area contributed by atoms with E-state index >= 15 is 0 Å². The van der Waals surface area contributed by atoms with Crippen molar-refractivity contribution >= 4 is 5.97 Å². The first-order chi connectivity index (χ1) is 8.75. The lowest BCUT2D eigenvalue weighted by Crippen LogP contribution is -2.04. The third kappa shape index (κ3) is 5.32. The van der Waals surface area contributed by atoms with Gasteiger partial charge in [0.05, 0.1) is 12.2 Å². The summed E-state index contributed by atoms with van der Waals surface area (Å²) in [7, 11) is 0. The molecule has 1 aromatic carbocycles. The summed E-state index contributed by atoms with van der Waals surface area (Å²) in [5.74, 6) is -0.892. The van der Waals surface area contributed by atoms with Gasteiger partial charge < -0.3 is 9.84 Å². The van der Waals surface area contributed by atoms with Gasteiger partial charge in [-0.1, -0.05) is 50.8 Å². The SMILES string of the molecule is CCCCCCCOCc1ccccc1C(=O)O. The number of hydrogen-bond acceptors (Lipinski definition) is 2. The Kier molecular flexibility index (Phi) is 7.11. The van der Waals surface area contributed by atoms with E-state index in [0.717, 1.165) is 12.0 Å². The van der Waals surface area contributed by atoms with E-state index in [1.165, 1.54) is 25.7 Å². The largest absolute Gasteiger partial charge is 0.478 e. The van der Waals surface area contributed by atoms with Crippen LogP contribution in [0.15, 0.2) is 24.3 Å². The van der Waals surface area contributed by atoms with Crippen LogP contribution in [0.3, 0.4) is 0 Å². The summed E-state index contributed by atoms with van der Waals surface area (Å²) in [4.78, 5) is 11.0. The van der Waals surface area contributed by atoms with E-state index in [4.69, 9.17) is 9.84 Å². The molecular formula is C15H22O3. The Labute approximate surface area is 109 Å². The van der Waals surface area contributed by atoms with Crippen molar-refractivity contribution in [3.63, 3.8) is 0 Å². The third-order valence-corrected chi connectivity index (χ3v) is 2.90. The molecule has 0 fully saturated rings. The predicted octanol–water partition coefficient (Wildman–Crippen LogP) is 3.87. The van der Waals surface area contributed by atoms with Crippen molar-refractivity contribution in [1.29, 1.82) is 0 Å². The number of unbranched alkanes of at least 4 members (excludes halogenated alkanes) is 4.